The third-order valence-corrected chi connectivity index (χ3v) is 7.26. The Bertz CT molecular complexity index is 1410. The minimum absolute atomic E-state index is 0.0332. The number of ether oxygens (including phenoxy) is 1. The number of hydrogen-bond donors (Lipinski definition) is 0. The summed E-state index contributed by atoms with van der Waals surface area (Å²) in [6.45, 7) is 1.61. The van der Waals surface area contributed by atoms with Gasteiger partial charge in [-0.2, -0.15) is 13.2 Å². The van der Waals surface area contributed by atoms with Gasteiger partial charge in [0.15, 0.2) is 0 Å². The van der Waals surface area contributed by atoms with Crippen molar-refractivity contribution in [2.75, 3.05) is 12.0 Å². The van der Waals surface area contributed by atoms with Crippen molar-refractivity contribution in [2.24, 2.45) is 0 Å². The molecule has 1 atom stereocenters. The number of anilines is 1. The highest BCUT2D eigenvalue weighted by atomic mass is 32.2. The van der Waals surface area contributed by atoms with E-state index in [0.717, 1.165) is 34.7 Å². The fraction of sp³-hybridized carbons (Fsp3) is 0.208. The lowest BCUT2D eigenvalue weighted by Gasteiger charge is -2.20. The number of halogens is 3. The van der Waals surface area contributed by atoms with Crippen molar-refractivity contribution in [3.05, 3.63) is 72.4 Å². The molecule has 1 aliphatic rings. The normalized spacial score (nSPS) is 16.5. The number of nitrogens with zero attached hydrogens (tertiary/aromatic N) is 3. The summed E-state index contributed by atoms with van der Waals surface area (Å²) in [5.74, 6) is 0.102. The molecule has 3 amide bonds. The van der Waals surface area contributed by atoms with Crippen LogP contribution in [0.2, 0.25) is 0 Å². The van der Waals surface area contributed by atoms with Gasteiger partial charge in [-0.3, -0.25) is 9.78 Å². The average Bonchev–Trinajstić information content (AvgIpc) is 3.06. The fourth-order valence-corrected chi connectivity index (χ4v) is 4.51. The first-order valence-electron chi connectivity index (χ1n) is 10.6. The van der Waals surface area contributed by atoms with Gasteiger partial charge in [-0.1, -0.05) is 0 Å². The third-order valence-electron chi connectivity index (χ3n) is 5.76. The topological polar surface area (TPSA) is 96.9 Å². The molecular formula is C24H20F3N3O5S. The van der Waals surface area contributed by atoms with Gasteiger partial charge >= 0.3 is 11.5 Å². The Kier molecular flexibility index (Phi) is 6.48. The minimum Gasteiger partial charge on any atom is -0.497 e. The molecule has 0 spiro atoms. The molecular weight excluding hydrogens is 499 g/mol. The predicted octanol–water partition coefficient (Wildman–Crippen LogP) is 4.41. The maximum atomic E-state index is 13.1. The van der Waals surface area contributed by atoms with Crippen molar-refractivity contribution in [1.82, 2.24) is 9.88 Å². The van der Waals surface area contributed by atoms with E-state index in [9.17, 15) is 31.2 Å². The first-order chi connectivity index (χ1) is 16.9. The first kappa shape index (κ1) is 25.2. The standard InChI is InChI=1S/C24H20F3N3O5S/c1-15-22(31)30(18-5-9-20(10-6-18)36(33,34)24(25,26)27)23(32)29(15)14-16-11-12-28-21(13-16)17-3-7-19(35-2)8-4-17/h3-13,15H,14H2,1-2H3. The summed E-state index contributed by atoms with van der Waals surface area (Å²) in [6.07, 6.45) is 1.58. The number of imide groups is 1. The average molecular weight is 520 g/mol. The summed E-state index contributed by atoms with van der Waals surface area (Å²) in [5, 5.41) is 0. The van der Waals surface area contributed by atoms with Crippen LogP contribution >= 0.6 is 0 Å². The predicted molar refractivity (Wildman–Crippen MR) is 124 cm³/mol. The molecule has 12 heteroatoms. The molecule has 1 aromatic heterocycles. The molecule has 2 heterocycles. The second-order valence-corrected chi connectivity index (χ2v) is 9.92. The monoisotopic (exact) mass is 519 g/mol. The molecule has 4 rings (SSSR count). The summed E-state index contributed by atoms with van der Waals surface area (Å²) in [5.41, 5.74) is -3.32. The Morgan fingerprint density at radius 3 is 2.22 bits per heavy atom. The summed E-state index contributed by atoms with van der Waals surface area (Å²) >= 11 is 0. The minimum atomic E-state index is -5.55. The van der Waals surface area contributed by atoms with E-state index in [1.807, 2.05) is 12.1 Å². The molecule has 1 unspecified atom stereocenters. The molecule has 0 aliphatic carbocycles. The SMILES string of the molecule is COc1ccc(-c2cc(CN3C(=O)N(c4ccc(S(=O)(=O)C(F)(F)F)cc4)C(=O)C3C)ccn2)cc1. The van der Waals surface area contributed by atoms with Crippen molar-refractivity contribution in [3.63, 3.8) is 0 Å². The number of urea groups is 1. The first-order valence-corrected chi connectivity index (χ1v) is 12.1. The summed E-state index contributed by atoms with van der Waals surface area (Å²) < 4.78 is 66.7. The Hall–Kier alpha value is -3.93. The number of pyridine rings is 1. The Balaban J connectivity index is 1.56. The van der Waals surface area contributed by atoms with Gasteiger partial charge in [-0.05, 0) is 73.2 Å². The van der Waals surface area contributed by atoms with E-state index < -0.39 is 38.2 Å². The number of aromatic nitrogens is 1. The Labute approximate surface area is 204 Å². The molecule has 2 aromatic carbocycles. The van der Waals surface area contributed by atoms with E-state index in [1.54, 1.807) is 37.6 Å². The lowest BCUT2D eigenvalue weighted by molar-refractivity contribution is -0.119. The van der Waals surface area contributed by atoms with Crippen molar-refractivity contribution >= 4 is 27.5 Å². The van der Waals surface area contributed by atoms with E-state index in [1.165, 1.54) is 11.8 Å². The van der Waals surface area contributed by atoms with E-state index >= 15 is 0 Å². The van der Waals surface area contributed by atoms with E-state index in [-0.39, 0.29) is 12.2 Å². The van der Waals surface area contributed by atoms with Crippen LogP contribution in [0.15, 0.2) is 71.8 Å². The van der Waals surface area contributed by atoms with Gasteiger partial charge in [-0.15, -0.1) is 0 Å². The zero-order valence-corrected chi connectivity index (χ0v) is 19.9. The Morgan fingerprint density at radius 2 is 1.64 bits per heavy atom. The van der Waals surface area contributed by atoms with Crippen LogP contribution in [-0.2, 0) is 21.2 Å². The van der Waals surface area contributed by atoms with Crippen LogP contribution in [0, 0.1) is 0 Å². The number of carbonyl (C=O) groups is 2. The van der Waals surface area contributed by atoms with E-state index in [2.05, 4.69) is 4.98 Å². The van der Waals surface area contributed by atoms with Gasteiger partial charge in [-0.25, -0.2) is 18.1 Å². The number of amides is 3. The van der Waals surface area contributed by atoms with Crippen LogP contribution in [0.4, 0.5) is 23.7 Å². The van der Waals surface area contributed by atoms with Crippen LogP contribution in [0.5, 0.6) is 5.75 Å². The third kappa shape index (κ3) is 4.51. The summed E-state index contributed by atoms with van der Waals surface area (Å²) in [7, 11) is -3.99. The van der Waals surface area contributed by atoms with Gasteiger partial charge in [0.2, 0.25) is 0 Å². The zero-order valence-electron chi connectivity index (χ0n) is 19.1. The quantitative estimate of drug-likeness (QED) is 0.448. The molecule has 8 nitrogen and oxygen atoms in total. The Morgan fingerprint density at radius 1 is 1.00 bits per heavy atom. The van der Waals surface area contributed by atoms with Crippen LogP contribution in [-0.4, -0.2) is 48.9 Å². The van der Waals surface area contributed by atoms with Crippen LogP contribution in [0.3, 0.4) is 0 Å². The van der Waals surface area contributed by atoms with Crippen LogP contribution in [0.25, 0.3) is 11.3 Å². The van der Waals surface area contributed by atoms with Gasteiger partial charge in [0, 0.05) is 18.3 Å². The zero-order chi connectivity index (χ0) is 26.3. The number of alkyl halides is 3. The van der Waals surface area contributed by atoms with Gasteiger partial charge in [0.05, 0.1) is 23.4 Å². The van der Waals surface area contributed by atoms with E-state index in [0.29, 0.717) is 17.0 Å². The fourth-order valence-electron chi connectivity index (χ4n) is 3.75. The maximum Gasteiger partial charge on any atom is 0.501 e. The lowest BCUT2D eigenvalue weighted by atomic mass is 10.1. The van der Waals surface area contributed by atoms with Gasteiger partial charge in [0.25, 0.3) is 15.7 Å². The van der Waals surface area contributed by atoms with Gasteiger partial charge in [0.1, 0.15) is 11.8 Å². The second kappa shape index (κ2) is 9.26. The lowest BCUT2D eigenvalue weighted by Crippen LogP contribution is -2.33. The highest BCUT2D eigenvalue weighted by molar-refractivity contribution is 7.92. The van der Waals surface area contributed by atoms with Crippen LogP contribution in [0.1, 0.15) is 12.5 Å². The van der Waals surface area contributed by atoms with Gasteiger partial charge < -0.3 is 9.64 Å². The molecule has 1 saturated heterocycles. The number of methoxy groups -OCH3 is 1. The van der Waals surface area contributed by atoms with E-state index in [4.69, 9.17) is 4.74 Å². The maximum absolute atomic E-state index is 13.1. The molecule has 1 aliphatic heterocycles. The molecule has 0 N–H and O–H groups in total. The summed E-state index contributed by atoms with van der Waals surface area (Å²) in [4.78, 5) is 31.5. The largest absolute Gasteiger partial charge is 0.501 e. The number of hydrogen-bond acceptors (Lipinski definition) is 6. The highest BCUT2D eigenvalue weighted by Crippen LogP contribution is 2.33. The summed E-state index contributed by atoms with van der Waals surface area (Å²) in [6, 6.07) is 12.6. The van der Waals surface area contributed by atoms with Crippen molar-refractivity contribution in [2.45, 2.75) is 29.9 Å². The van der Waals surface area contributed by atoms with Crippen molar-refractivity contribution < 1.29 is 35.9 Å². The molecule has 1 fully saturated rings. The highest BCUT2D eigenvalue weighted by Gasteiger charge is 2.47. The second-order valence-electron chi connectivity index (χ2n) is 7.98. The van der Waals surface area contributed by atoms with Crippen molar-refractivity contribution in [3.8, 4) is 17.0 Å². The molecule has 0 radical (unpaired) electrons. The molecule has 36 heavy (non-hydrogen) atoms. The van der Waals surface area contributed by atoms with Crippen molar-refractivity contribution in [1.29, 1.82) is 0 Å². The van der Waals surface area contributed by atoms with Crippen LogP contribution < -0.4 is 9.64 Å². The molecule has 0 saturated carbocycles. The number of carbonyl (C=O) groups excluding carboxylic acids is 2. The number of benzene rings is 2. The molecule has 3 aromatic rings. The number of rotatable bonds is 6. The smallest absolute Gasteiger partial charge is 0.497 e. The molecule has 0 bridgehead atoms. The molecule has 188 valence electrons. The number of sulfone groups is 1.